The zero-order valence-corrected chi connectivity index (χ0v) is 12.1. The molecule has 0 aromatic carbocycles. The number of hydrogen-bond donors (Lipinski definition) is 1. The molecule has 0 aromatic heterocycles. The van der Waals surface area contributed by atoms with E-state index >= 15 is 0 Å². The van der Waals surface area contributed by atoms with E-state index in [0.29, 0.717) is 0 Å². The van der Waals surface area contributed by atoms with Crippen LogP contribution in [-0.4, -0.2) is 58.6 Å². The SMILES string of the molecule is O=COC1(C(=O)CCCC(=O)C2(C(=O)O)C(=O)OC2=O)C(=O)OC1=O. The summed E-state index contributed by atoms with van der Waals surface area (Å²) in [5, 5.41) is 8.95. The number of aliphatic carboxylic acids is 1. The summed E-state index contributed by atoms with van der Waals surface area (Å²) in [6.45, 7) is -0.302. The Morgan fingerprint density at radius 3 is 1.80 bits per heavy atom. The molecule has 2 fully saturated rings. The van der Waals surface area contributed by atoms with Crippen molar-refractivity contribution in [3.05, 3.63) is 0 Å². The molecular formula is C13H8O12. The first-order valence-corrected chi connectivity index (χ1v) is 6.60. The van der Waals surface area contributed by atoms with Gasteiger partial charge in [-0.05, 0) is 6.42 Å². The standard InChI is InChI=1S/C13H8O12/c14-4-23-13(10(21)25-11(13)22)6(16)3-1-2-5(15)12(7(17)18)8(19)24-9(12)20/h4H,1-3H2,(H,17,18). The highest BCUT2D eigenvalue weighted by Gasteiger charge is 2.70. The second kappa shape index (κ2) is 5.89. The number of cyclic esters (lactones) is 4. The number of ketones is 2. The van der Waals surface area contributed by atoms with Crippen molar-refractivity contribution in [1.29, 1.82) is 0 Å². The lowest BCUT2D eigenvalue weighted by Gasteiger charge is -2.32. The fraction of sp³-hybridized carbons (Fsp3) is 0.385. The summed E-state index contributed by atoms with van der Waals surface area (Å²) in [5.74, 6) is -10.4. The van der Waals surface area contributed by atoms with Crippen LogP contribution in [0.2, 0.25) is 0 Å². The van der Waals surface area contributed by atoms with Gasteiger partial charge in [-0.15, -0.1) is 0 Å². The summed E-state index contributed by atoms with van der Waals surface area (Å²) in [6.07, 6.45) is -1.82. The maximum absolute atomic E-state index is 11.9. The first-order chi connectivity index (χ1) is 11.6. The van der Waals surface area contributed by atoms with Gasteiger partial charge in [0.25, 0.3) is 6.47 Å². The summed E-state index contributed by atoms with van der Waals surface area (Å²) >= 11 is 0. The van der Waals surface area contributed by atoms with E-state index in [2.05, 4.69) is 14.2 Å². The summed E-state index contributed by atoms with van der Waals surface area (Å²) in [7, 11) is 0. The molecule has 2 rings (SSSR count). The monoisotopic (exact) mass is 356 g/mol. The third-order valence-corrected chi connectivity index (χ3v) is 3.72. The molecule has 2 aliphatic rings. The molecule has 0 radical (unpaired) electrons. The topological polar surface area (TPSA) is 184 Å². The van der Waals surface area contributed by atoms with E-state index in [1.807, 2.05) is 0 Å². The first kappa shape index (κ1) is 17.9. The van der Waals surface area contributed by atoms with Crippen molar-refractivity contribution in [3.8, 4) is 0 Å². The van der Waals surface area contributed by atoms with Gasteiger partial charge in [0, 0.05) is 12.8 Å². The Hall–Kier alpha value is -3.44. The average Bonchev–Trinajstić information content (AvgIpc) is 2.52. The summed E-state index contributed by atoms with van der Waals surface area (Å²) in [6, 6.07) is 0. The van der Waals surface area contributed by atoms with Gasteiger partial charge in [-0.3, -0.25) is 14.4 Å². The van der Waals surface area contributed by atoms with Crippen molar-refractivity contribution in [1.82, 2.24) is 0 Å². The molecule has 2 heterocycles. The molecule has 0 spiro atoms. The Morgan fingerprint density at radius 1 is 0.920 bits per heavy atom. The highest BCUT2D eigenvalue weighted by molar-refractivity contribution is 6.41. The van der Waals surface area contributed by atoms with E-state index in [4.69, 9.17) is 5.11 Å². The largest absolute Gasteiger partial charge is 0.480 e. The van der Waals surface area contributed by atoms with Gasteiger partial charge >= 0.3 is 40.9 Å². The van der Waals surface area contributed by atoms with Crippen LogP contribution in [0.1, 0.15) is 19.3 Å². The maximum atomic E-state index is 11.9. The van der Waals surface area contributed by atoms with E-state index < -0.39 is 71.7 Å². The van der Waals surface area contributed by atoms with Gasteiger partial charge in [0.05, 0.1) is 0 Å². The molecule has 12 nitrogen and oxygen atoms in total. The van der Waals surface area contributed by atoms with Crippen LogP contribution in [0.15, 0.2) is 0 Å². The lowest BCUT2D eigenvalue weighted by molar-refractivity contribution is -0.213. The second-order valence-electron chi connectivity index (χ2n) is 5.00. The molecule has 0 aromatic rings. The fourth-order valence-electron chi connectivity index (χ4n) is 2.30. The van der Waals surface area contributed by atoms with E-state index in [1.54, 1.807) is 0 Å². The first-order valence-electron chi connectivity index (χ1n) is 6.60. The lowest BCUT2D eigenvalue weighted by Crippen LogP contribution is -2.66. The van der Waals surface area contributed by atoms with E-state index in [-0.39, 0.29) is 6.47 Å². The summed E-state index contributed by atoms with van der Waals surface area (Å²) in [5.41, 5.74) is -5.70. The van der Waals surface area contributed by atoms with Crippen molar-refractivity contribution < 1.29 is 57.7 Å². The molecule has 12 heteroatoms. The van der Waals surface area contributed by atoms with E-state index in [9.17, 15) is 38.4 Å². The molecule has 1 N–H and O–H groups in total. The van der Waals surface area contributed by atoms with Crippen molar-refractivity contribution in [2.75, 3.05) is 0 Å². The van der Waals surface area contributed by atoms with Gasteiger partial charge in [-0.1, -0.05) is 0 Å². The molecule has 132 valence electrons. The van der Waals surface area contributed by atoms with Gasteiger partial charge in [0.1, 0.15) is 0 Å². The molecule has 0 saturated carbocycles. The number of ether oxygens (including phenoxy) is 3. The van der Waals surface area contributed by atoms with Crippen molar-refractivity contribution in [3.63, 3.8) is 0 Å². The van der Waals surface area contributed by atoms with Gasteiger partial charge in [0.2, 0.25) is 0 Å². The smallest absolute Gasteiger partial charge is 0.378 e. The number of carbonyl (C=O) groups is 8. The molecule has 25 heavy (non-hydrogen) atoms. The molecule has 0 atom stereocenters. The number of Topliss-reactive ketones (excluding diaryl/α,β-unsaturated/α-hetero) is 2. The minimum atomic E-state index is -2.97. The van der Waals surface area contributed by atoms with Crippen LogP contribution in [-0.2, 0) is 52.6 Å². The number of esters is 4. The Morgan fingerprint density at radius 2 is 1.40 bits per heavy atom. The van der Waals surface area contributed by atoms with Crippen LogP contribution < -0.4 is 0 Å². The fourth-order valence-corrected chi connectivity index (χ4v) is 2.30. The molecular weight excluding hydrogens is 348 g/mol. The van der Waals surface area contributed by atoms with Crippen LogP contribution in [0, 0.1) is 5.41 Å². The van der Waals surface area contributed by atoms with Gasteiger partial charge < -0.3 is 19.3 Å². The molecule has 0 amide bonds. The van der Waals surface area contributed by atoms with Crippen LogP contribution in [0.25, 0.3) is 0 Å². The Labute approximate surface area is 137 Å². The highest BCUT2D eigenvalue weighted by atomic mass is 16.7. The molecule has 2 saturated heterocycles. The zero-order chi connectivity index (χ0) is 19.0. The maximum Gasteiger partial charge on any atom is 0.378 e. The summed E-state index contributed by atoms with van der Waals surface area (Å²) in [4.78, 5) is 90.4. The Balaban J connectivity index is 2.03. The van der Waals surface area contributed by atoms with Crippen molar-refractivity contribution in [2.24, 2.45) is 5.41 Å². The van der Waals surface area contributed by atoms with E-state index in [1.165, 1.54) is 0 Å². The second-order valence-corrected chi connectivity index (χ2v) is 5.00. The van der Waals surface area contributed by atoms with Crippen molar-refractivity contribution >= 4 is 47.9 Å². The normalized spacial score (nSPS) is 19.7. The predicted octanol–water partition coefficient (Wildman–Crippen LogP) is -2.56. The minimum absolute atomic E-state index is 0.302. The molecule has 0 bridgehead atoms. The minimum Gasteiger partial charge on any atom is -0.480 e. The average molecular weight is 356 g/mol. The van der Waals surface area contributed by atoms with E-state index in [0.717, 1.165) is 0 Å². The molecule has 0 unspecified atom stereocenters. The number of carbonyl (C=O) groups excluding carboxylic acids is 7. The highest BCUT2D eigenvalue weighted by Crippen LogP contribution is 2.35. The lowest BCUT2D eigenvalue weighted by atomic mass is 9.77. The Bertz CT molecular complexity index is 702. The van der Waals surface area contributed by atoms with Gasteiger partial charge in [-0.2, -0.15) is 0 Å². The number of carboxylic acids is 1. The number of rotatable bonds is 9. The van der Waals surface area contributed by atoms with Crippen molar-refractivity contribution in [2.45, 2.75) is 24.9 Å². The number of hydrogen-bond acceptors (Lipinski definition) is 11. The third kappa shape index (κ3) is 2.21. The zero-order valence-electron chi connectivity index (χ0n) is 12.1. The van der Waals surface area contributed by atoms with Crippen LogP contribution in [0.3, 0.4) is 0 Å². The van der Waals surface area contributed by atoms with Crippen LogP contribution in [0.5, 0.6) is 0 Å². The van der Waals surface area contributed by atoms with Crippen LogP contribution >= 0.6 is 0 Å². The summed E-state index contributed by atoms with van der Waals surface area (Å²) < 4.78 is 12.1. The quantitative estimate of drug-likeness (QED) is 0.197. The molecule has 2 aliphatic heterocycles. The van der Waals surface area contributed by atoms with Gasteiger partial charge in [0.15, 0.2) is 11.6 Å². The third-order valence-electron chi connectivity index (χ3n) is 3.72. The van der Waals surface area contributed by atoms with Crippen LogP contribution in [0.4, 0.5) is 0 Å². The molecule has 0 aliphatic carbocycles. The number of carboxylic acid groups (broad SMARTS) is 1. The van der Waals surface area contributed by atoms with Gasteiger partial charge in [-0.25, -0.2) is 24.0 Å². The predicted molar refractivity (Wildman–Crippen MR) is 66.0 cm³/mol. The Kier molecular flexibility index (Phi) is 4.22.